The van der Waals surface area contributed by atoms with Crippen molar-refractivity contribution in [2.75, 3.05) is 13.7 Å². The molecule has 0 heterocycles. The van der Waals surface area contributed by atoms with Gasteiger partial charge in [-0.05, 0) is 12.5 Å². The first-order chi connectivity index (χ1) is 5.24. The zero-order valence-corrected chi connectivity index (χ0v) is 7.09. The van der Waals surface area contributed by atoms with Crippen LogP contribution in [0.2, 0.25) is 0 Å². The summed E-state index contributed by atoms with van der Waals surface area (Å²) in [6.07, 6.45) is 2.26. The molecule has 1 N–H and O–H groups in total. The molecule has 0 fully saturated rings. The number of hydrogen-bond acceptors (Lipinski definition) is 2. The number of rotatable bonds is 5. The second kappa shape index (κ2) is 5.92. The largest absolute Gasteiger partial charge is 0.380 e. The SMILES string of the molecule is C=CC(=O)NCC(CC)OC. The van der Waals surface area contributed by atoms with E-state index in [0.29, 0.717) is 6.54 Å². The molecule has 1 amide bonds. The first-order valence-corrected chi connectivity index (χ1v) is 3.67. The van der Waals surface area contributed by atoms with Crippen LogP contribution in [-0.2, 0) is 9.53 Å². The summed E-state index contributed by atoms with van der Waals surface area (Å²) < 4.78 is 5.05. The van der Waals surface area contributed by atoms with Crippen LogP contribution < -0.4 is 5.32 Å². The normalized spacial score (nSPS) is 12.2. The van der Waals surface area contributed by atoms with E-state index in [2.05, 4.69) is 11.9 Å². The zero-order chi connectivity index (χ0) is 8.69. The average Bonchev–Trinajstić information content (AvgIpc) is 2.06. The molecule has 0 aliphatic carbocycles. The third kappa shape index (κ3) is 4.56. The molecule has 0 aromatic heterocycles. The third-order valence-electron chi connectivity index (χ3n) is 1.48. The Morgan fingerprint density at radius 3 is 2.82 bits per heavy atom. The molecule has 0 saturated carbocycles. The Bertz CT molecular complexity index is 130. The van der Waals surface area contributed by atoms with E-state index < -0.39 is 0 Å². The quantitative estimate of drug-likeness (QED) is 0.597. The maximum atomic E-state index is 10.7. The fraction of sp³-hybridized carbons (Fsp3) is 0.625. The Morgan fingerprint density at radius 1 is 1.82 bits per heavy atom. The molecular formula is C8H15NO2. The van der Waals surface area contributed by atoms with Gasteiger partial charge in [0.05, 0.1) is 6.10 Å². The van der Waals surface area contributed by atoms with Gasteiger partial charge in [-0.2, -0.15) is 0 Å². The lowest BCUT2D eigenvalue weighted by atomic mass is 10.3. The fourth-order valence-corrected chi connectivity index (χ4v) is 0.681. The first kappa shape index (κ1) is 10.2. The minimum absolute atomic E-state index is 0.110. The van der Waals surface area contributed by atoms with Gasteiger partial charge in [0.1, 0.15) is 0 Å². The number of amides is 1. The van der Waals surface area contributed by atoms with Gasteiger partial charge >= 0.3 is 0 Å². The van der Waals surface area contributed by atoms with Crippen LogP contribution >= 0.6 is 0 Å². The third-order valence-corrected chi connectivity index (χ3v) is 1.48. The van der Waals surface area contributed by atoms with Crippen molar-refractivity contribution in [2.45, 2.75) is 19.4 Å². The summed E-state index contributed by atoms with van der Waals surface area (Å²) in [5.74, 6) is -0.152. The summed E-state index contributed by atoms with van der Waals surface area (Å²) in [4.78, 5) is 10.7. The summed E-state index contributed by atoms with van der Waals surface area (Å²) in [5.41, 5.74) is 0. The fourth-order valence-electron chi connectivity index (χ4n) is 0.681. The number of nitrogens with one attached hydrogen (secondary N) is 1. The molecule has 0 saturated heterocycles. The molecule has 0 aliphatic rings. The van der Waals surface area contributed by atoms with Crippen LogP contribution in [0.25, 0.3) is 0 Å². The minimum Gasteiger partial charge on any atom is -0.380 e. The molecule has 0 bridgehead atoms. The van der Waals surface area contributed by atoms with E-state index >= 15 is 0 Å². The van der Waals surface area contributed by atoms with Crippen molar-refractivity contribution < 1.29 is 9.53 Å². The Kier molecular flexibility index (Phi) is 5.47. The summed E-state index contributed by atoms with van der Waals surface area (Å²) in [6.45, 7) is 5.90. The van der Waals surface area contributed by atoms with E-state index in [1.54, 1.807) is 7.11 Å². The number of methoxy groups -OCH3 is 1. The predicted molar refractivity (Wildman–Crippen MR) is 44.3 cm³/mol. The maximum absolute atomic E-state index is 10.7. The van der Waals surface area contributed by atoms with Gasteiger partial charge < -0.3 is 10.1 Å². The summed E-state index contributed by atoms with van der Waals surface area (Å²) in [7, 11) is 1.63. The van der Waals surface area contributed by atoms with Gasteiger partial charge in [-0.3, -0.25) is 4.79 Å². The first-order valence-electron chi connectivity index (χ1n) is 3.67. The molecule has 0 spiro atoms. The number of ether oxygens (including phenoxy) is 1. The standard InChI is InChI=1S/C8H15NO2/c1-4-7(11-3)6-9-8(10)5-2/h5,7H,2,4,6H2,1,3H3,(H,9,10). The number of carbonyl (C=O) groups is 1. The van der Waals surface area contributed by atoms with Gasteiger partial charge in [0.15, 0.2) is 0 Å². The van der Waals surface area contributed by atoms with E-state index in [9.17, 15) is 4.79 Å². The van der Waals surface area contributed by atoms with Crippen molar-refractivity contribution in [1.29, 1.82) is 0 Å². The zero-order valence-electron chi connectivity index (χ0n) is 7.09. The van der Waals surface area contributed by atoms with Crippen molar-refractivity contribution in [1.82, 2.24) is 5.32 Å². The van der Waals surface area contributed by atoms with Crippen molar-refractivity contribution in [3.63, 3.8) is 0 Å². The monoisotopic (exact) mass is 157 g/mol. The number of hydrogen-bond donors (Lipinski definition) is 1. The van der Waals surface area contributed by atoms with Gasteiger partial charge in [0.25, 0.3) is 0 Å². The van der Waals surface area contributed by atoms with Crippen LogP contribution in [0.5, 0.6) is 0 Å². The number of carbonyl (C=O) groups excluding carboxylic acids is 1. The Labute approximate surface area is 67.4 Å². The highest BCUT2D eigenvalue weighted by molar-refractivity contribution is 5.86. The van der Waals surface area contributed by atoms with E-state index in [1.807, 2.05) is 6.92 Å². The molecule has 11 heavy (non-hydrogen) atoms. The summed E-state index contributed by atoms with van der Waals surface area (Å²) >= 11 is 0. The molecule has 1 atom stereocenters. The van der Waals surface area contributed by atoms with Crippen molar-refractivity contribution in [3.05, 3.63) is 12.7 Å². The second-order valence-corrected chi connectivity index (χ2v) is 2.22. The van der Waals surface area contributed by atoms with Gasteiger partial charge in [-0.15, -0.1) is 0 Å². The predicted octanol–water partition coefficient (Wildman–Crippen LogP) is 0.714. The van der Waals surface area contributed by atoms with E-state index in [0.717, 1.165) is 6.42 Å². The highest BCUT2D eigenvalue weighted by atomic mass is 16.5. The summed E-state index contributed by atoms with van der Waals surface area (Å²) in [6, 6.07) is 0. The molecule has 0 rings (SSSR count). The minimum atomic E-state index is -0.152. The van der Waals surface area contributed by atoms with E-state index in [-0.39, 0.29) is 12.0 Å². The smallest absolute Gasteiger partial charge is 0.243 e. The lowest BCUT2D eigenvalue weighted by molar-refractivity contribution is -0.117. The Hall–Kier alpha value is -0.830. The lowest BCUT2D eigenvalue weighted by Gasteiger charge is -2.12. The van der Waals surface area contributed by atoms with Gasteiger partial charge in [0.2, 0.25) is 5.91 Å². The van der Waals surface area contributed by atoms with Crippen molar-refractivity contribution >= 4 is 5.91 Å². The van der Waals surface area contributed by atoms with E-state index in [1.165, 1.54) is 6.08 Å². The molecular weight excluding hydrogens is 142 g/mol. The van der Waals surface area contributed by atoms with Crippen LogP contribution in [-0.4, -0.2) is 25.7 Å². The van der Waals surface area contributed by atoms with Crippen LogP contribution in [0.15, 0.2) is 12.7 Å². The van der Waals surface area contributed by atoms with Crippen LogP contribution in [0.4, 0.5) is 0 Å². The highest BCUT2D eigenvalue weighted by Gasteiger charge is 2.03. The van der Waals surface area contributed by atoms with E-state index in [4.69, 9.17) is 4.74 Å². The second-order valence-electron chi connectivity index (χ2n) is 2.22. The average molecular weight is 157 g/mol. The molecule has 64 valence electrons. The molecule has 1 unspecified atom stereocenters. The van der Waals surface area contributed by atoms with Gasteiger partial charge in [-0.1, -0.05) is 13.5 Å². The van der Waals surface area contributed by atoms with Crippen LogP contribution in [0.3, 0.4) is 0 Å². The molecule has 3 heteroatoms. The van der Waals surface area contributed by atoms with Gasteiger partial charge in [0, 0.05) is 13.7 Å². The topological polar surface area (TPSA) is 38.3 Å². The highest BCUT2D eigenvalue weighted by Crippen LogP contribution is 1.92. The Morgan fingerprint density at radius 2 is 2.45 bits per heavy atom. The molecule has 3 nitrogen and oxygen atoms in total. The molecule has 0 aliphatic heterocycles. The molecule has 0 aromatic carbocycles. The van der Waals surface area contributed by atoms with Gasteiger partial charge in [-0.25, -0.2) is 0 Å². The Balaban J connectivity index is 3.49. The van der Waals surface area contributed by atoms with Crippen LogP contribution in [0, 0.1) is 0 Å². The summed E-state index contributed by atoms with van der Waals surface area (Å²) in [5, 5.41) is 2.65. The lowest BCUT2D eigenvalue weighted by Crippen LogP contribution is -2.31. The maximum Gasteiger partial charge on any atom is 0.243 e. The van der Waals surface area contributed by atoms with Crippen LogP contribution in [0.1, 0.15) is 13.3 Å². The molecule has 0 aromatic rings. The van der Waals surface area contributed by atoms with Crippen molar-refractivity contribution in [2.24, 2.45) is 0 Å². The van der Waals surface area contributed by atoms with Crippen molar-refractivity contribution in [3.8, 4) is 0 Å². The molecule has 0 radical (unpaired) electrons.